The zero-order chi connectivity index (χ0) is 14.7. The summed E-state index contributed by atoms with van der Waals surface area (Å²) in [5, 5.41) is 3.42. The molecule has 0 amide bonds. The van der Waals surface area contributed by atoms with Crippen LogP contribution in [0.25, 0.3) is 0 Å². The highest BCUT2D eigenvalue weighted by molar-refractivity contribution is 5.67. The van der Waals surface area contributed by atoms with Crippen molar-refractivity contribution in [3.05, 3.63) is 5.82 Å². The van der Waals surface area contributed by atoms with Gasteiger partial charge in [-0.1, -0.05) is 26.2 Å². The summed E-state index contributed by atoms with van der Waals surface area (Å²) in [6.45, 7) is 2.73. The van der Waals surface area contributed by atoms with Gasteiger partial charge in [-0.25, -0.2) is 4.98 Å². The summed E-state index contributed by atoms with van der Waals surface area (Å²) in [4.78, 5) is 9.34. The van der Waals surface area contributed by atoms with Crippen molar-refractivity contribution in [1.29, 1.82) is 0 Å². The molecule has 1 aromatic rings. The third-order valence-corrected chi connectivity index (χ3v) is 4.26. The van der Waals surface area contributed by atoms with Crippen LogP contribution in [0.4, 0.5) is 11.5 Å². The molecule has 2 aliphatic carbocycles. The largest absolute Gasteiger partial charge is 0.476 e. The van der Waals surface area contributed by atoms with Gasteiger partial charge in [-0.15, -0.1) is 0 Å². The molecule has 116 valence electrons. The molecule has 5 nitrogen and oxygen atoms in total. The van der Waals surface area contributed by atoms with Crippen LogP contribution in [0.3, 0.4) is 0 Å². The zero-order valence-electron chi connectivity index (χ0n) is 12.9. The first kappa shape index (κ1) is 14.4. The lowest BCUT2D eigenvalue weighted by Crippen LogP contribution is -2.15. The maximum absolute atomic E-state index is 6.19. The minimum Gasteiger partial charge on any atom is -0.476 e. The molecule has 5 heteroatoms. The monoisotopic (exact) mass is 290 g/mol. The highest BCUT2D eigenvalue weighted by Crippen LogP contribution is 2.36. The van der Waals surface area contributed by atoms with E-state index in [0.29, 0.717) is 30.1 Å². The van der Waals surface area contributed by atoms with Crippen molar-refractivity contribution in [2.24, 2.45) is 0 Å². The molecule has 2 saturated carbocycles. The van der Waals surface area contributed by atoms with E-state index in [2.05, 4.69) is 17.2 Å². The summed E-state index contributed by atoms with van der Waals surface area (Å²) in [7, 11) is 0. The summed E-state index contributed by atoms with van der Waals surface area (Å²) >= 11 is 0. The molecule has 0 aromatic carbocycles. The van der Waals surface area contributed by atoms with Gasteiger partial charge < -0.3 is 15.8 Å². The molecule has 1 heterocycles. The van der Waals surface area contributed by atoms with Crippen LogP contribution in [0, 0.1) is 0 Å². The lowest BCUT2D eigenvalue weighted by molar-refractivity contribution is 0.303. The van der Waals surface area contributed by atoms with Crippen molar-refractivity contribution in [2.75, 3.05) is 17.7 Å². The van der Waals surface area contributed by atoms with E-state index in [-0.39, 0.29) is 0 Å². The van der Waals surface area contributed by atoms with Gasteiger partial charge in [0, 0.05) is 12.0 Å². The summed E-state index contributed by atoms with van der Waals surface area (Å²) in [5.41, 5.74) is 6.75. The van der Waals surface area contributed by atoms with Crippen LogP contribution in [0.1, 0.15) is 70.0 Å². The van der Waals surface area contributed by atoms with Crippen molar-refractivity contribution in [1.82, 2.24) is 9.97 Å². The smallest absolute Gasteiger partial charge is 0.242 e. The number of nitrogens with two attached hydrogens (primary N) is 1. The highest BCUT2D eigenvalue weighted by atomic mass is 16.5. The molecule has 2 fully saturated rings. The fraction of sp³-hybridized carbons (Fsp3) is 0.750. The number of nitrogen functional groups attached to an aromatic ring is 1. The van der Waals surface area contributed by atoms with Crippen molar-refractivity contribution < 1.29 is 4.74 Å². The molecular weight excluding hydrogens is 264 g/mol. The standard InChI is InChI=1S/C16H26N4O/c1-2-10-21-16-13(17)15(18-12-8-9-12)19-14(20-16)11-6-4-3-5-7-11/h11-12H,2-10,17H2,1H3,(H,18,19,20). The first-order valence-corrected chi connectivity index (χ1v) is 8.34. The maximum Gasteiger partial charge on any atom is 0.242 e. The minimum atomic E-state index is 0.461. The van der Waals surface area contributed by atoms with E-state index >= 15 is 0 Å². The van der Waals surface area contributed by atoms with Gasteiger partial charge in [0.05, 0.1) is 6.61 Å². The van der Waals surface area contributed by atoms with Gasteiger partial charge in [-0.05, 0) is 32.1 Å². The van der Waals surface area contributed by atoms with Crippen molar-refractivity contribution in [2.45, 2.75) is 70.3 Å². The summed E-state index contributed by atoms with van der Waals surface area (Å²) < 4.78 is 5.74. The quantitative estimate of drug-likeness (QED) is 0.839. The Balaban J connectivity index is 1.86. The van der Waals surface area contributed by atoms with Crippen LogP contribution in [-0.2, 0) is 0 Å². The van der Waals surface area contributed by atoms with Crippen LogP contribution in [0.2, 0.25) is 0 Å². The SMILES string of the molecule is CCCOc1nc(C2CCCCC2)nc(NC2CC2)c1N. The highest BCUT2D eigenvalue weighted by Gasteiger charge is 2.26. The number of hydrogen-bond donors (Lipinski definition) is 2. The van der Waals surface area contributed by atoms with Gasteiger partial charge in [-0.3, -0.25) is 0 Å². The third kappa shape index (κ3) is 3.57. The number of nitrogens with one attached hydrogen (secondary N) is 1. The maximum atomic E-state index is 6.19. The van der Waals surface area contributed by atoms with Crippen LogP contribution >= 0.6 is 0 Å². The predicted molar refractivity (Wildman–Crippen MR) is 84.7 cm³/mol. The number of nitrogens with zero attached hydrogens (tertiary/aromatic N) is 2. The van der Waals surface area contributed by atoms with Gasteiger partial charge >= 0.3 is 0 Å². The lowest BCUT2D eigenvalue weighted by atomic mass is 9.88. The van der Waals surface area contributed by atoms with Crippen LogP contribution in [0.15, 0.2) is 0 Å². The lowest BCUT2D eigenvalue weighted by Gasteiger charge is -2.22. The Morgan fingerprint density at radius 2 is 1.90 bits per heavy atom. The van der Waals surface area contributed by atoms with Gasteiger partial charge in [0.1, 0.15) is 11.5 Å². The second-order valence-electron chi connectivity index (χ2n) is 6.25. The summed E-state index contributed by atoms with van der Waals surface area (Å²) in [6.07, 6.45) is 9.59. The average Bonchev–Trinajstić information content (AvgIpc) is 3.33. The van der Waals surface area contributed by atoms with E-state index in [4.69, 9.17) is 15.5 Å². The molecule has 0 bridgehead atoms. The third-order valence-electron chi connectivity index (χ3n) is 4.26. The number of anilines is 2. The van der Waals surface area contributed by atoms with E-state index in [0.717, 1.165) is 18.1 Å². The predicted octanol–water partition coefficient (Wildman–Crippen LogP) is 3.47. The summed E-state index contributed by atoms with van der Waals surface area (Å²) in [6, 6.07) is 0.528. The van der Waals surface area contributed by atoms with Gasteiger partial charge in [0.15, 0.2) is 5.82 Å². The van der Waals surface area contributed by atoms with E-state index in [9.17, 15) is 0 Å². The van der Waals surface area contributed by atoms with Crippen molar-refractivity contribution >= 4 is 11.5 Å². The topological polar surface area (TPSA) is 73.1 Å². The second kappa shape index (κ2) is 6.50. The van der Waals surface area contributed by atoms with Crippen molar-refractivity contribution in [3.8, 4) is 5.88 Å². The number of ether oxygens (including phenoxy) is 1. The zero-order valence-corrected chi connectivity index (χ0v) is 12.9. The molecule has 0 unspecified atom stereocenters. The Morgan fingerprint density at radius 1 is 1.14 bits per heavy atom. The Kier molecular flexibility index (Phi) is 4.46. The minimum absolute atomic E-state index is 0.461. The van der Waals surface area contributed by atoms with E-state index < -0.39 is 0 Å². The van der Waals surface area contributed by atoms with Gasteiger partial charge in [0.25, 0.3) is 0 Å². The van der Waals surface area contributed by atoms with Crippen LogP contribution in [0.5, 0.6) is 5.88 Å². The van der Waals surface area contributed by atoms with Gasteiger partial charge in [-0.2, -0.15) is 4.98 Å². The molecule has 3 N–H and O–H groups in total. The van der Waals surface area contributed by atoms with Crippen LogP contribution in [-0.4, -0.2) is 22.6 Å². The fourth-order valence-corrected chi connectivity index (χ4v) is 2.85. The van der Waals surface area contributed by atoms with Crippen LogP contribution < -0.4 is 15.8 Å². The molecule has 1 aromatic heterocycles. The number of aromatic nitrogens is 2. The Bertz CT molecular complexity index is 481. The number of hydrogen-bond acceptors (Lipinski definition) is 5. The molecule has 21 heavy (non-hydrogen) atoms. The Hall–Kier alpha value is -1.52. The van der Waals surface area contributed by atoms with E-state index in [1.165, 1.54) is 44.9 Å². The normalized spacial score (nSPS) is 19.5. The van der Waals surface area contributed by atoms with Crippen molar-refractivity contribution in [3.63, 3.8) is 0 Å². The summed E-state index contributed by atoms with van der Waals surface area (Å²) in [5.74, 6) is 2.72. The average molecular weight is 290 g/mol. The molecule has 0 aliphatic heterocycles. The second-order valence-corrected chi connectivity index (χ2v) is 6.25. The number of rotatable bonds is 6. The first-order valence-electron chi connectivity index (χ1n) is 8.34. The fourth-order valence-electron chi connectivity index (χ4n) is 2.85. The van der Waals surface area contributed by atoms with E-state index in [1.54, 1.807) is 0 Å². The molecule has 0 spiro atoms. The van der Waals surface area contributed by atoms with E-state index in [1.807, 2.05) is 0 Å². The van der Waals surface area contributed by atoms with Gasteiger partial charge in [0.2, 0.25) is 5.88 Å². The Morgan fingerprint density at radius 3 is 2.57 bits per heavy atom. The first-order chi connectivity index (χ1) is 10.3. The molecule has 0 atom stereocenters. The molecule has 2 aliphatic rings. The Labute approximate surface area is 126 Å². The molecular formula is C16H26N4O. The molecule has 3 rings (SSSR count). The molecule has 0 saturated heterocycles. The molecule has 0 radical (unpaired) electrons.